The first kappa shape index (κ1) is 15.0. The van der Waals surface area contributed by atoms with Crippen LogP contribution in [0.5, 0.6) is 0 Å². The number of aliphatic hydroxyl groups excluding tert-OH is 1. The van der Waals surface area contributed by atoms with Gasteiger partial charge >= 0.3 is 5.97 Å². The molecule has 3 atom stereocenters. The number of carbonyl (C=O) groups excluding carboxylic acids is 1. The summed E-state index contributed by atoms with van der Waals surface area (Å²) in [5.41, 5.74) is 1.47. The van der Waals surface area contributed by atoms with E-state index in [0.717, 1.165) is 5.56 Å². The van der Waals surface area contributed by atoms with Crippen LogP contribution in [0.3, 0.4) is 0 Å². The molecule has 7 heteroatoms. The number of aliphatic carboxylic acids is 1. The van der Waals surface area contributed by atoms with Crippen LogP contribution in [0.25, 0.3) is 0 Å². The van der Waals surface area contributed by atoms with E-state index in [1.54, 1.807) is 0 Å². The van der Waals surface area contributed by atoms with Gasteiger partial charge in [0.15, 0.2) is 6.04 Å². The van der Waals surface area contributed by atoms with Crippen LogP contribution in [0, 0.1) is 0 Å². The van der Waals surface area contributed by atoms with Crippen LogP contribution < -0.4 is 5.32 Å². The number of carboxylic acid groups (broad SMARTS) is 1. The number of oxime groups is 1. The Morgan fingerprint density at radius 3 is 2.62 bits per heavy atom. The summed E-state index contributed by atoms with van der Waals surface area (Å²) in [6.45, 7) is 1.29. The van der Waals surface area contributed by atoms with Crippen LogP contribution in [-0.4, -0.2) is 46.1 Å². The molecule has 1 aromatic rings. The van der Waals surface area contributed by atoms with Gasteiger partial charge in [-0.15, -0.1) is 0 Å². The standard InChI is InChI=1S/C14H16N2O5/c1-8(17)12(14(19)20)15-13(18)11-7-10(16-21-11)9-5-3-2-4-6-9/h2-6,8,11-12,17H,7H2,1H3,(H,15,18)(H,19,20). The minimum Gasteiger partial charge on any atom is -0.480 e. The second kappa shape index (κ2) is 6.36. The van der Waals surface area contributed by atoms with Crippen molar-refractivity contribution in [2.24, 2.45) is 5.16 Å². The van der Waals surface area contributed by atoms with Crippen molar-refractivity contribution in [3.8, 4) is 0 Å². The largest absolute Gasteiger partial charge is 0.480 e. The number of rotatable bonds is 5. The number of aliphatic hydroxyl groups is 1. The van der Waals surface area contributed by atoms with Gasteiger partial charge < -0.3 is 20.4 Å². The van der Waals surface area contributed by atoms with Gasteiger partial charge in [0, 0.05) is 6.42 Å². The zero-order valence-electron chi connectivity index (χ0n) is 11.4. The average molecular weight is 292 g/mol. The molecule has 1 aliphatic rings. The fraction of sp³-hybridized carbons (Fsp3) is 0.357. The van der Waals surface area contributed by atoms with Gasteiger partial charge in [-0.25, -0.2) is 4.79 Å². The first-order valence-electron chi connectivity index (χ1n) is 6.48. The van der Waals surface area contributed by atoms with Crippen LogP contribution in [0.4, 0.5) is 0 Å². The molecule has 0 spiro atoms. The third kappa shape index (κ3) is 3.57. The van der Waals surface area contributed by atoms with Crippen LogP contribution in [0.1, 0.15) is 18.9 Å². The summed E-state index contributed by atoms with van der Waals surface area (Å²) in [4.78, 5) is 27.9. The second-order valence-electron chi connectivity index (χ2n) is 4.77. The highest BCUT2D eigenvalue weighted by Gasteiger charge is 2.33. The van der Waals surface area contributed by atoms with Gasteiger partial charge in [0.05, 0.1) is 11.8 Å². The van der Waals surface area contributed by atoms with E-state index in [9.17, 15) is 14.7 Å². The number of nitrogens with zero attached hydrogens (tertiary/aromatic N) is 1. The molecule has 0 aromatic heterocycles. The third-order valence-corrected chi connectivity index (χ3v) is 3.11. The summed E-state index contributed by atoms with van der Waals surface area (Å²) in [5.74, 6) is -1.92. The Bertz CT molecular complexity index is 556. The molecule has 0 saturated carbocycles. The summed E-state index contributed by atoms with van der Waals surface area (Å²) in [6.07, 6.45) is -1.84. The molecule has 3 unspecified atom stereocenters. The van der Waals surface area contributed by atoms with Gasteiger partial charge in [-0.05, 0) is 12.5 Å². The Morgan fingerprint density at radius 2 is 2.05 bits per heavy atom. The van der Waals surface area contributed by atoms with Crippen LogP contribution in [0.15, 0.2) is 35.5 Å². The van der Waals surface area contributed by atoms with Gasteiger partial charge in [0.25, 0.3) is 5.91 Å². The zero-order valence-corrected chi connectivity index (χ0v) is 11.4. The lowest BCUT2D eigenvalue weighted by atomic mass is 10.0. The Labute approximate surface area is 121 Å². The minimum absolute atomic E-state index is 0.252. The fourth-order valence-corrected chi connectivity index (χ4v) is 1.95. The van der Waals surface area contributed by atoms with Crippen molar-refractivity contribution < 1.29 is 24.6 Å². The van der Waals surface area contributed by atoms with Crippen LogP contribution in [-0.2, 0) is 14.4 Å². The van der Waals surface area contributed by atoms with Gasteiger partial charge in [-0.3, -0.25) is 4.79 Å². The van der Waals surface area contributed by atoms with Gasteiger partial charge in [0.1, 0.15) is 0 Å². The molecule has 1 aromatic carbocycles. The summed E-state index contributed by atoms with van der Waals surface area (Å²) in [6, 6.07) is 7.88. The maximum atomic E-state index is 12.0. The molecule has 0 fully saturated rings. The second-order valence-corrected chi connectivity index (χ2v) is 4.77. The van der Waals surface area contributed by atoms with Gasteiger partial charge in [-0.1, -0.05) is 35.5 Å². The molecular weight excluding hydrogens is 276 g/mol. The Morgan fingerprint density at radius 1 is 1.38 bits per heavy atom. The van der Waals surface area contributed by atoms with Crippen molar-refractivity contribution in [2.45, 2.75) is 31.6 Å². The maximum Gasteiger partial charge on any atom is 0.328 e. The number of nitrogens with one attached hydrogen (secondary N) is 1. The van der Waals surface area contributed by atoms with E-state index in [1.807, 2.05) is 30.3 Å². The molecule has 0 aliphatic carbocycles. The Balaban J connectivity index is 1.96. The third-order valence-electron chi connectivity index (χ3n) is 3.11. The van der Waals surface area contributed by atoms with Gasteiger partial charge in [-0.2, -0.15) is 0 Å². The lowest BCUT2D eigenvalue weighted by molar-refractivity contribution is -0.146. The summed E-state index contributed by atoms with van der Waals surface area (Å²) < 4.78 is 0. The normalized spacial score (nSPS) is 20.1. The predicted molar refractivity (Wildman–Crippen MR) is 73.7 cm³/mol. The number of carboxylic acids is 1. The number of hydrogen-bond donors (Lipinski definition) is 3. The quantitative estimate of drug-likeness (QED) is 0.715. The number of carbonyl (C=O) groups is 2. The monoisotopic (exact) mass is 292 g/mol. The average Bonchev–Trinajstić information content (AvgIpc) is 2.94. The van der Waals surface area contributed by atoms with E-state index in [0.29, 0.717) is 5.71 Å². The lowest BCUT2D eigenvalue weighted by Crippen LogP contribution is -2.50. The van der Waals surface area contributed by atoms with Crippen LogP contribution >= 0.6 is 0 Å². The molecule has 0 radical (unpaired) electrons. The Kier molecular flexibility index (Phi) is 4.54. The highest BCUT2D eigenvalue weighted by molar-refractivity contribution is 6.04. The van der Waals surface area contributed by atoms with E-state index < -0.39 is 30.1 Å². The molecule has 1 heterocycles. The van der Waals surface area contributed by atoms with Crippen molar-refractivity contribution in [3.63, 3.8) is 0 Å². The molecule has 112 valence electrons. The van der Waals surface area contributed by atoms with Crippen molar-refractivity contribution in [2.75, 3.05) is 0 Å². The van der Waals surface area contributed by atoms with E-state index in [-0.39, 0.29) is 6.42 Å². The SMILES string of the molecule is CC(O)C(NC(=O)C1CC(c2ccccc2)=NO1)C(=O)O. The Hall–Kier alpha value is -2.41. The number of amides is 1. The van der Waals surface area contributed by atoms with Crippen LogP contribution in [0.2, 0.25) is 0 Å². The molecule has 7 nitrogen and oxygen atoms in total. The first-order chi connectivity index (χ1) is 9.99. The van der Waals surface area contributed by atoms with E-state index in [1.165, 1.54) is 6.92 Å². The molecule has 21 heavy (non-hydrogen) atoms. The maximum absolute atomic E-state index is 12.0. The first-order valence-corrected chi connectivity index (χ1v) is 6.48. The fourth-order valence-electron chi connectivity index (χ4n) is 1.95. The predicted octanol–water partition coefficient (Wildman–Crippen LogP) is 0.130. The van der Waals surface area contributed by atoms with E-state index in [4.69, 9.17) is 9.94 Å². The van der Waals surface area contributed by atoms with E-state index in [2.05, 4.69) is 10.5 Å². The molecule has 1 amide bonds. The molecule has 0 saturated heterocycles. The van der Waals surface area contributed by atoms with E-state index >= 15 is 0 Å². The minimum atomic E-state index is -1.37. The zero-order chi connectivity index (χ0) is 15.4. The summed E-state index contributed by atoms with van der Waals surface area (Å²) >= 11 is 0. The van der Waals surface area contributed by atoms with Crippen molar-refractivity contribution in [3.05, 3.63) is 35.9 Å². The smallest absolute Gasteiger partial charge is 0.328 e. The number of hydrogen-bond acceptors (Lipinski definition) is 5. The molecule has 1 aliphatic heterocycles. The van der Waals surface area contributed by atoms with Gasteiger partial charge in [0.2, 0.25) is 6.10 Å². The molecule has 2 rings (SSSR count). The van der Waals surface area contributed by atoms with Crippen molar-refractivity contribution in [1.29, 1.82) is 0 Å². The topological polar surface area (TPSA) is 108 Å². The molecule has 3 N–H and O–H groups in total. The van der Waals surface area contributed by atoms with Crippen molar-refractivity contribution >= 4 is 17.6 Å². The number of benzene rings is 1. The molecule has 0 bridgehead atoms. The lowest BCUT2D eigenvalue weighted by Gasteiger charge is -2.18. The summed E-state index contributed by atoms with van der Waals surface area (Å²) in [7, 11) is 0. The van der Waals surface area contributed by atoms with Crippen molar-refractivity contribution in [1.82, 2.24) is 5.32 Å². The highest BCUT2D eigenvalue weighted by atomic mass is 16.6. The highest BCUT2D eigenvalue weighted by Crippen LogP contribution is 2.16. The molecular formula is C14H16N2O5. The summed E-state index contributed by atoms with van der Waals surface area (Å²) in [5, 5.41) is 24.4.